The summed E-state index contributed by atoms with van der Waals surface area (Å²) in [7, 11) is 0. The lowest BCUT2D eigenvalue weighted by atomic mass is 10.3. The molecule has 7 nitrogen and oxygen atoms in total. The maximum Gasteiger partial charge on any atom is 0.358 e. The molecule has 0 amide bonds. The molecule has 0 unspecified atom stereocenters. The second-order valence-corrected chi connectivity index (χ2v) is 3.08. The van der Waals surface area contributed by atoms with Crippen molar-refractivity contribution in [2.45, 2.75) is 0 Å². The lowest BCUT2D eigenvalue weighted by Crippen LogP contribution is -2.04. The van der Waals surface area contributed by atoms with Crippen LogP contribution in [-0.4, -0.2) is 26.0 Å². The minimum atomic E-state index is -1.23. The Bertz CT molecular complexity index is 636. The van der Waals surface area contributed by atoms with Crippen LogP contribution in [0.15, 0.2) is 30.7 Å². The number of carboxylic acids is 1. The van der Waals surface area contributed by atoms with E-state index in [1.807, 2.05) is 0 Å². The van der Waals surface area contributed by atoms with E-state index < -0.39 is 5.97 Å². The first kappa shape index (κ1) is 11.5. The van der Waals surface area contributed by atoms with Gasteiger partial charge in [0.25, 0.3) is 5.88 Å². The topological polar surface area (TPSA) is 109 Å². The van der Waals surface area contributed by atoms with Crippen molar-refractivity contribution in [2.75, 3.05) is 0 Å². The van der Waals surface area contributed by atoms with Crippen molar-refractivity contribution in [3.05, 3.63) is 42.1 Å². The number of hydrogen-bond acceptors (Lipinski definition) is 6. The van der Waals surface area contributed by atoms with E-state index in [0.29, 0.717) is 0 Å². The van der Waals surface area contributed by atoms with Gasteiger partial charge in [0.2, 0.25) is 5.69 Å². The van der Waals surface area contributed by atoms with Crippen molar-refractivity contribution in [3.63, 3.8) is 0 Å². The number of pyridine rings is 1. The van der Waals surface area contributed by atoms with Gasteiger partial charge < -0.3 is 9.84 Å². The zero-order valence-corrected chi connectivity index (χ0v) is 8.94. The van der Waals surface area contributed by atoms with Gasteiger partial charge in [-0.1, -0.05) is 0 Å². The number of aromatic carboxylic acids is 1. The summed E-state index contributed by atoms with van der Waals surface area (Å²) in [5.74, 6) is -1.29. The maximum atomic E-state index is 10.9. The Morgan fingerprint density at radius 3 is 2.78 bits per heavy atom. The van der Waals surface area contributed by atoms with E-state index in [1.165, 1.54) is 30.7 Å². The highest BCUT2D eigenvalue weighted by Gasteiger charge is 2.15. The van der Waals surface area contributed by atoms with Crippen LogP contribution in [0.4, 0.5) is 0 Å². The normalized spacial score (nSPS) is 9.50. The van der Waals surface area contributed by atoms with Gasteiger partial charge in [0.15, 0.2) is 11.4 Å². The van der Waals surface area contributed by atoms with Crippen molar-refractivity contribution in [2.24, 2.45) is 0 Å². The molecule has 2 rings (SSSR count). The predicted molar refractivity (Wildman–Crippen MR) is 58.0 cm³/mol. The molecule has 2 aromatic rings. The van der Waals surface area contributed by atoms with Gasteiger partial charge in [-0.3, -0.25) is 0 Å². The molecule has 2 aromatic heterocycles. The highest BCUT2D eigenvalue weighted by Crippen LogP contribution is 2.23. The molecule has 0 fully saturated rings. The van der Waals surface area contributed by atoms with Crippen LogP contribution in [0.25, 0.3) is 0 Å². The Morgan fingerprint density at radius 2 is 2.06 bits per heavy atom. The number of nitrogens with zero attached hydrogens (tertiary/aromatic N) is 4. The number of ether oxygens (including phenoxy) is 1. The van der Waals surface area contributed by atoms with Crippen LogP contribution in [0.3, 0.4) is 0 Å². The summed E-state index contributed by atoms with van der Waals surface area (Å²) in [5, 5.41) is 17.7. The number of carbonyl (C=O) groups is 1. The first-order valence-corrected chi connectivity index (χ1v) is 4.79. The van der Waals surface area contributed by atoms with Crippen molar-refractivity contribution >= 4 is 5.97 Å². The third-order valence-corrected chi connectivity index (χ3v) is 1.95. The molecule has 2 heterocycles. The summed E-state index contributed by atoms with van der Waals surface area (Å²) >= 11 is 0. The Kier molecular flexibility index (Phi) is 3.11. The molecule has 0 atom stereocenters. The van der Waals surface area contributed by atoms with E-state index in [2.05, 4.69) is 15.0 Å². The Balaban J connectivity index is 2.41. The Hall–Kier alpha value is -3.01. The molecule has 18 heavy (non-hydrogen) atoms. The first-order chi connectivity index (χ1) is 8.72. The SMILES string of the molecule is N#Cc1nccnc1Oc1cccnc1C(=O)O. The summed E-state index contributed by atoms with van der Waals surface area (Å²) < 4.78 is 5.25. The van der Waals surface area contributed by atoms with Crippen LogP contribution in [-0.2, 0) is 0 Å². The molecule has 0 aliphatic rings. The summed E-state index contributed by atoms with van der Waals surface area (Å²) in [5.41, 5.74) is -0.287. The van der Waals surface area contributed by atoms with Gasteiger partial charge in [0, 0.05) is 18.6 Å². The van der Waals surface area contributed by atoms with Crippen molar-refractivity contribution in [1.29, 1.82) is 5.26 Å². The van der Waals surface area contributed by atoms with Gasteiger partial charge in [-0.15, -0.1) is 0 Å². The molecule has 0 aliphatic carbocycles. The zero-order chi connectivity index (χ0) is 13.0. The van der Waals surface area contributed by atoms with E-state index in [1.54, 1.807) is 6.07 Å². The van der Waals surface area contributed by atoms with Crippen LogP contribution >= 0.6 is 0 Å². The molecule has 0 bridgehead atoms. The molecule has 0 aliphatic heterocycles. The summed E-state index contributed by atoms with van der Waals surface area (Å²) in [6.07, 6.45) is 4.01. The molecular weight excluding hydrogens is 236 g/mol. The van der Waals surface area contributed by atoms with Gasteiger partial charge in [-0.25, -0.2) is 19.7 Å². The van der Waals surface area contributed by atoms with Crippen LogP contribution in [0.1, 0.15) is 16.2 Å². The number of hydrogen-bond donors (Lipinski definition) is 1. The third kappa shape index (κ3) is 2.22. The highest BCUT2D eigenvalue weighted by molar-refractivity contribution is 5.88. The number of carboxylic acid groups (broad SMARTS) is 1. The van der Waals surface area contributed by atoms with Crippen molar-refractivity contribution < 1.29 is 14.6 Å². The maximum absolute atomic E-state index is 10.9. The van der Waals surface area contributed by atoms with E-state index >= 15 is 0 Å². The van der Waals surface area contributed by atoms with Crippen LogP contribution in [0.2, 0.25) is 0 Å². The van der Waals surface area contributed by atoms with Gasteiger partial charge in [0.1, 0.15) is 6.07 Å². The fourth-order valence-electron chi connectivity index (χ4n) is 1.21. The lowest BCUT2D eigenvalue weighted by molar-refractivity contribution is 0.0687. The monoisotopic (exact) mass is 242 g/mol. The summed E-state index contributed by atoms with van der Waals surface area (Å²) in [4.78, 5) is 22.2. The minimum Gasteiger partial charge on any atom is -0.476 e. The summed E-state index contributed by atoms with van der Waals surface area (Å²) in [6, 6.07) is 4.74. The van der Waals surface area contributed by atoms with E-state index in [4.69, 9.17) is 15.1 Å². The minimum absolute atomic E-state index is 0.00185. The number of rotatable bonds is 3. The number of aromatic nitrogens is 3. The largest absolute Gasteiger partial charge is 0.476 e. The fraction of sp³-hybridized carbons (Fsp3) is 0. The molecule has 0 radical (unpaired) electrons. The average Bonchev–Trinajstić information content (AvgIpc) is 2.40. The first-order valence-electron chi connectivity index (χ1n) is 4.79. The van der Waals surface area contributed by atoms with E-state index in [-0.39, 0.29) is 23.0 Å². The molecule has 0 spiro atoms. The molecule has 1 N–H and O–H groups in total. The van der Waals surface area contributed by atoms with Crippen LogP contribution in [0.5, 0.6) is 11.6 Å². The standard InChI is InChI=1S/C11H6N4O3/c12-6-7-10(15-5-4-13-7)18-8-2-1-3-14-9(8)11(16)17/h1-5H,(H,16,17). The van der Waals surface area contributed by atoms with E-state index in [9.17, 15) is 4.79 Å². The van der Waals surface area contributed by atoms with Crippen LogP contribution < -0.4 is 4.74 Å². The van der Waals surface area contributed by atoms with Crippen LogP contribution in [0, 0.1) is 11.3 Å². The van der Waals surface area contributed by atoms with E-state index in [0.717, 1.165) is 0 Å². The quantitative estimate of drug-likeness (QED) is 0.861. The molecule has 0 saturated carbocycles. The Labute approximate surface area is 101 Å². The zero-order valence-electron chi connectivity index (χ0n) is 8.94. The molecule has 0 aromatic carbocycles. The van der Waals surface area contributed by atoms with Gasteiger partial charge >= 0.3 is 5.97 Å². The fourth-order valence-corrected chi connectivity index (χ4v) is 1.21. The number of nitriles is 1. The highest BCUT2D eigenvalue weighted by atomic mass is 16.5. The molecular formula is C11H6N4O3. The second kappa shape index (κ2) is 4.88. The average molecular weight is 242 g/mol. The smallest absolute Gasteiger partial charge is 0.358 e. The molecule has 0 saturated heterocycles. The summed E-state index contributed by atoms with van der Waals surface area (Å²) in [6.45, 7) is 0. The lowest BCUT2D eigenvalue weighted by Gasteiger charge is -2.06. The predicted octanol–water partition coefficient (Wildman–Crippen LogP) is 1.23. The molecule has 88 valence electrons. The Morgan fingerprint density at radius 1 is 1.28 bits per heavy atom. The van der Waals surface area contributed by atoms with Gasteiger partial charge in [-0.05, 0) is 12.1 Å². The van der Waals surface area contributed by atoms with Gasteiger partial charge in [-0.2, -0.15) is 5.26 Å². The molecule has 7 heteroatoms. The van der Waals surface area contributed by atoms with Gasteiger partial charge in [0.05, 0.1) is 0 Å². The second-order valence-electron chi connectivity index (χ2n) is 3.08. The van der Waals surface area contributed by atoms with Crippen molar-refractivity contribution in [3.8, 4) is 17.7 Å². The third-order valence-electron chi connectivity index (χ3n) is 1.95. The van der Waals surface area contributed by atoms with Crippen molar-refractivity contribution in [1.82, 2.24) is 15.0 Å².